The Bertz CT molecular complexity index is 732. The molecule has 8 heteroatoms. The molecule has 0 bridgehead atoms. The number of amides is 1. The molecule has 1 fully saturated rings. The number of benzene rings is 1. The summed E-state index contributed by atoms with van der Waals surface area (Å²) in [7, 11) is 1.67. The van der Waals surface area contributed by atoms with Crippen molar-refractivity contribution in [3.05, 3.63) is 42.4 Å². The number of nitrogens with one attached hydrogen (secondary N) is 2. The Morgan fingerprint density at radius 2 is 2.04 bits per heavy atom. The number of nitrogens with zero attached hydrogens (tertiary/aromatic N) is 3. The molecular weight excluding hydrogens is 346 g/mol. The number of anilines is 3. The maximum atomic E-state index is 12.6. The van der Waals surface area contributed by atoms with E-state index in [4.69, 9.17) is 9.47 Å². The zero-order chi connectivity index (χ0) is 18.9. The molecule has 1 aromatic heterocycles. The van der Waals surface area contributed by atoms with Gasteiger partial charge in [-0.05, 0) is 18.6 Å². The van der Waals surface area contributed by atoms with Gasteiger partial charge in [0.25, 0.3) is 5.91 Å². The molecule has 27 heavy (non-hydrogen) atoms. The Balaban J connectivity index is 1.62. The third-order valence-corrected chi connectivity index (χ3v) is 4.22. The summed E-state index contributed by atoms with van der Waals surface area (Å²) >= 11 is 0. The maximum absolute atomic E-state index is 12.6. The predicted molar refractivity (Wildman–Crippen MR) is 104 cm³/mol. The van der Waals surface area contributed by atoms with Crippen molar-refractivity contribution in [2.24, 2.45) is 0 Å². The zero-order valence-electron chi connectivity index (χ0n) is 15.5. The van der Waals surface area contributed by atoms with Gasteiger partial charge in [0.2, 0.25) is 0 Å². The van der Waals surface area contributed by atoms with E-state index in [0.717, 1.165) is 37.4 Å². The highest BCUT2D eigenvalue weighted by Crippen LogP contribution is 2.26. The van der Waals surface area contributed by atoms with Crippen LogP contribution in [0.25, 0.3) is 0 Å². The van der Waals surface area contributed by atoms with Crippen molar-refractivity contribution in [1.82, 2.24) is 9.97 Å². The molecule has 1 saturated heterocycles. The summed E-state index contributed by atoms with van der Waals surface area (Å²) in [5, 5.41) is 6.09. The van der Waals surface area contributed by atoms with E-state index in [9.17, 15) is 4.79 Å². The molecule has 1 aliphatic heterocycles. The summed E-state index contributed by atoms with van der Waals surface area (Å²) in [6.45, 7) is 4.40. The number of carbonyl (C=O) groups excluding carboxylic acids is 1. The van der Waals surface area contributed by atoms with E-state index in [2.05, 4.69) is 25.5 Å². The van der Waals surface area contributed by atoms with Crippen LogP contribution in [-0.2, 0) is 9.47 Å². The first-order chi connectivity index (χ1) is 13.3. The van der Waals surface area contributed by atoms with E-state index in [0.29, 0.717) is 25.6 Å². The lowest BCUT2D eigenvalue weighted by molar-refractivity contribution is 0.102. The van der Waals surface area contributed by atoms with Crippen LogP contribution < -0.4 is 15.5 Å². The Kier molecular flexibility index (Phi) is 6.95. The first kappa shape index (κ1) is 19.1. The molecule has 0 unspecified atom stereocenters. The van der Waals surface area contributed by atoms with E-state index in [-0.39, 0.29) is 11.6 Å². The molecule has 1 amide bonds. The van der Waals surface area contributed by atoms with Gasteiger partial charge in [0.15, 0.2) is 0 Å². The van der Waals surface area contributed by atoms with Crippen molar-refractivity contribution < 1.29 is 14.3 Å². The monoisotopic (exact) mass is 371 g/mol. The molecule has 1 aromatic carbocycles. The highest BCUT2D eigenvalue weighted by molar-refractivity contribution is 6.04. The highest BCUT2D eigenvalue weighted by atomic mass is 16.5. The number of carbonyl (C=O) groups is 1. The molecule has 144 valence electrons. The van der Waals surface area contributed by atoms with Gasteiger partial charge in [-0.15, -0.1) is 0 Å². The molecule has 2 heterocycles. The second-order valence-corrected chi connectivity index (χ2v) is 6.13. The van der Waals surface area contributed by atoms with Crippen molar-refractivity contribution in [1.29, 1.82) is 0 Å². The molecule has 0 radical (unpaired) electrons. The maximum Gasteiger partial charge on any atom is 0.275 e. The average Bonchev–Trinajstić information content (AvgIpc) is 2.73. The standard InChI is InChI=1S/C19H25N5O3/c1-26-10-4-7-20-18-14-21-16(13-22-18)19(25)23-15-5-2-3-6-17(15)24-8-11-27-12-9-24/h2-3,5-6,13-14H,4,7-12H2,1H3,(H,20,22)(H,23,25). The number of aromatic nitrogens is 2. The minimum absolute atomic E-state index is 0.272. The number of hydrogen-bond donors (Lipinski definition) is 2. The second kappa shape index (κ2) is 9.84. The van der Waals surface area contributed by atoms with Gasteiger partial charge < -0.3 is 25.0 Å². The van der Waals surface area contributed by atoms with Gasteiger partial charge in [-0.1, -0.05) is 12.1 Å². The fourth-order valence-electron chi connectivity index (χ4n) is 2.82. The van der Waals surface area contributed by atoms with Gasteiger partial charge in [0.05, 0.1) is 37.0 Å². The molecule has 0 saturated carbocycles. The summed E-state index contributed by atoms with van der Waals surface area (Å²) < 4.78 is 10.4. The first-order valence-corrected chi connectivity index (χ1v) is 9.06. The van der Waals surface area contributed by atoms with E-state index >= 15 is 0 Å². The van der Waals surface area contributed by atoms with Crippen LogP contribution in [0.2, 0.25) is 0 Å². The van der Waals surface area contributed by atoms with Crippen molar-refractivity contribution in [2.45, 2.75) is 6.42 Å². The quantitative estimate of drug-likeness (QED) is 0.686. The first-order valence-electron chi connectivity index (χ1n) is 9.06. The van der Waals surface area contributed by atoms with Gasteiger partial charge in [-0.2, -0.15) is 0 Å². The predicted octanol–water partition coefficient (Wildman–Crippen LogP) is 2.01. The van der Waals surface area contributed by atoms with Crippen molar-refractivity contribution in [3.8, 4) is 0 Å². The number of morpholine rings is 1. The largest absolute Gasteiger partial charge is 0.385 e. The summed E-state index contributed by atoms with van der Waals surface area (Å²) in [5.41, 5.74) is 2.01. The SMILES string of the molecule is COCCCNc1cnc(C(=O)Nc2ccccc2N2CCOCC2)cn1. The van der Waals surface area contributed by atoms with Crippen LogP contribution in [0, 0.1) is 0 Å². The van der Waals surface area contributed by atoms with E-state index in [1.54, 1.807) is 13.3 Å². The molecule has 0 atom stereocenters. The van der Waals surface area contributed by atoms with Gasteiger partial charge in [-0.25, -0.2) is 9.97 Å². The lowest BCUT2D eigenvalue weighted by Gasteiger charge is -2.30. The third-order valence-electron chi connectivity index (χ3n) is 4.22. The summed E-state index contributed by atoms with van der Waals surface area (Å²) in [6, 6.07) is 7.75. The summed E-state index contributed by atoms with van der Waals surface area (Å²) in [5.74, 6) is 0.352. The lowest BCUT2D eigenvalue weighted by atomic mass is 10.2. The number of methoxy groups -OCH3 is 1. The molecule has 3 rings (SSSR count). The van der Waals surface area contributed by atoms with Gasteiger partial charge in [0.1, 0.15) is 11.5 Å². The fourth-order valence-corrected chi connectivity index (χ4v) is 2.82. The van der Waals surface area contributed by atoms with E-state index < -0.39 is 0 Å². The Morgan fingerprint density at radius 3 is 2.78 bits per heavy atom. The minimum atomic E-state index is -0.283. The smallest absolute Gasteiger partial charge is 0.275 e. The number of rotatable bonds is 8. The Morgan fingerprint density at radius 1 is 1.22 bits per heavy atom. The highest BCUT2D eigenvalue weighted by Gasteiger charge is 2.17. The van der Waals surface area contributed by atoms with Crippen molar-refractivity contribution >= 4 is 23.1 Å². The Labute approximate surface area is 158 Å². The van der Waals surface area contributed by atoms with Crippen LogP contribution in [0.15, 0.2) is 36.7 Å². The number of ether oxygens (including phenoxy) is 2. The molecule has 0 spiro atoms. The zero-order valence-corrected chi connectivity index (χ0v) is 15.5. The second-order valence-electron chi connectivity index (χ2n) is 6.13. The molecule has 1 aliphatic rings. The Hall–Kier alpha value is -2.71. The van der Waals surface area contributed by atoms with Gasteiger partial charge in [-0.3, -0.25) is 4.79 Å². The van der Waals surface area contributed by atoms with Crippen LogP contribution in [0.3, 0.4) is 0 Å². The van der Waals surface area contributed by atoms with Crippen molar-refractivity contribution in [3.63, 3.8) is 0 Å². The molecular formula is C19H25N5O3. The van der Waals surface area contributed by atoms with Gasteiger partial charge >= 0.3 is 0 Å². The van der Waals surface area contributed by atoms with Gasteiger partial charge in [0, 0.05) is 33.4 Å². The lowest BCUT2D eigenvalue weighted by Crippen LogP contribution is -2.36. The van der Waals surface area contributed by atoms with E-state index in [1.165, 1.54) is 6.20 Å². The topological polar surface area (TPSA) is 88.6 Å². The van der Waals surface area contributed by atoms with Crippen molar-refractivity contribution in [2.75, 3.05) is 62.1 Å². The molecule has 8 nitrogen and oxygen atoms in total. The van der Waals surface area contributed by atoms with Crippen LogP contribution in [0.4, 0.5) is 17.2 Å². The normalized spacial score (nSPS) is 14.0. The minimum Gasteiger partial charge on any atom is -0.385 e. The van der Waals surface area contributed by atoms with Crippen LogP contribution in [0.5, 0.6) is 0 Å². The third kappa shape index (κ3) is 5.38. The number of para-hydroxylation sites is 2. The number of hydrogen-bond acceptors (Lipinski definition) is 7. The average molecular weight is 371 g/mol. The molecule has 2 aromatic rings. The van der Waals surface area contributed by atoms with E-state index in [1.807, 2.05) is 24.3 Å². The fraction of sp³-hybridized carbons (Fsp3) is 0.421. The van der Waals surface area contributed by atoms with Crippen LogP contribution in [-0.4, -0.2) is 62.4 Å². The summed E-state index contributed by atoms with van der Waals surface area (Å²) in [6.07, 6.45) is 3.92. The molecule has 0 aliphatic carbocycles. The van der Waals surface area contributed by atoms with Crippen LogP contribution >= 0.6 is 0 Å². The summed E-state index contributed by atoms with van der Waals surface area (Å²) in [4.78, 5) is 23.2. The van der Waals surface area contributed by atoms with Crippen LogP contribution in [0.1, 0.15) is 16.9 Å². The molecule has 2 N–H and O–H groups in total.